The maximum absolute atomic E-state index is 15.0. The van der Waals surface area contributed by atoms with Gasteiger partial charge in [0.1, 0.15) is 0 Å². The second-order valence-corrected chi connectivity index (χ2v) is 7.35. The van der Waals surface area contributed by atoms with Gasteiger partial charge in [0.2, 0.25) is 0 Å². The van der Waals surface area contributed by atoms with Crippen molar-refractivity contribution in [3.63, 3.8) is 0 Å². The zero-order valence-corrected chi connectivity index (χ0v) is 21.1. The summed E-state index contributed by atoms with van der Waals surface area (Å²) in [6, 6.07) is 12.0. The number of aliphatic imine (C=N–C) groups is 4. The van der Waals surface area contributed by atoms with Gasteiger partial charge in [-0.05, 0) is 49.5 Å². The summed E-state index contributed by atoms with van der Waals surface area (Å²) in [4.78, 5) is 16.6. The van der Waals surface area contributed by atoms with Crippen molar-refractivity contribution < 1.29 is 9.13 Å². The molecule has 0 amide bonds. The van der Waals surface area contributed by atoms with Crippen molar-refractivity contribution in [2.45, 2.75) is 6.92 Å². The maximum Gasteiger partial charge on any atom is 0.179 e. The second kappa shape index (κ2) is 15.2. The van der Waals surface area contributed by atoms with E-state index in [0.29, 0.717) is 28.2 Å². The Kier molecular flexibility index (Phi) is 11.7. The highest BCUT2D eigenvalue weighted by molar-refractivity contribution is 6.20. The number of nitrogens with two attached hydrogens (primary N) is 1. The third kappa shape index (κ3) is 8.70. The van der Waals surface area contributed by atoms with Crippen molar-refractivity contribution in [3.8, 4) is 5.75 Å². The topological polar surface area (TPSA) is 133 Å². The number of nitrogens with zero attached hydrogens (tertiary/aromatic N) is 4. The van der Waals surface area contributed by atoms with Crippen molar-refractivity contribution in [1.82, 2.24) is 5.32 Å². The number of anilines is 1. The summed E-state index contributed by atoms with van der Waals surface area (Å²) in [6.07, 6.45) is 8.53. The number of allylic oxidation sites excluding steroid dienone is 4. The minimum absolute atomic E-state index is 0.0380. The highest BCUT2D eigenvalue weighted by Crippen LogP contribution is 2.30. The molecule has 0 atom stereocenters. The van der Waals surface area contributed by atoms with E-state index in [1.54, 1.807) is 32.3 Å². The number of hydrogen-bond acceptors (Lipinski definition) is 8. The van der Waals surface area contributed by atoms with Crippen LogP contribution in [0.2, 0.25) is 0 Å². The first-order chi connectivity index (χ1) is 18.0. The molecule has 0 radical (unpaired) electrons. The van der Waals surface area contributed by atoms with Crippen LogP contribution in [-0.4, -0.2) is 52.5 Å². The van der Waals surface area contributed by atoms with Gasteiger partial charge in [-0.15, -0.1) is 0 Å². The summed E-state index contributed by atoms with van der Waals surface area (Å²) in [6.45, 7) is 5.13. The Hall–Kier alpha value is -4.86. The normalized spacial score (nSPS) is 13.2. The van der Waals surface area contributed by atoms with E-state index in [1.165, 1.54) is 30.9 Å². The molecule has 0 aliphatic heterocycles. The third-order valence-corrected chi connectivity index (χ3v) is 4.87. The van der Waals surface area contributed by atoms with Gasteiger partial charge in [0, 0.05) is 61.5 Å². The Morgan fingerprint density at radius 2 is 1.97 bits per heavy atom. The number of ether oxygens (including phenoxy) is 1. The van der Waals surface area contributed by atoms with Gasteiger partial charge in [-0.2, -0.15) is 0 Å². The first-order valence-corrected chi connectivity index (χ1v) is 11.2. The van der Waals surface area contributed by atoms with Gasteiger partial charge in [-0.3, -0.25) is 15.0 Å². The third-order valence-electron chi connectivity index (χ3n) is 4.87. The number of nitrogens with one attached hydrogen (secondary N) is 3. The summed E-state index contributed by atoms with van der Waals surface area (Å²) < 4.78 is 20.5. The van der Waals surface area contributed by atoms with E-state index in [4.69, 9.17) is 15.9 Å². The predicted octanol–water partition coefficient (Wildman–Crippen LogP) is 4.52. The van der Waals surface area contributed by atoms with E-state index in [0.717, 1.165) is 17.5 Å². The lowest BCUT2D eigenvalue weighted by molar-refractivity contribution is 0.314. The lowest BCUT2D eigenvalue weighted by Crippen LogP contribution is -2.01. The molecule has 0 unspecified atom stereocenters. The summed E-state index contributed by atoms with van der Waals surface area (Å²) in [5.74, 6) is -0.549. The van der Waals surface area contributed by atoms with Gasteiger partial charge in [0.25, 0.3) is 0 Å². The molecule has 0 saturated carbocycles. The number of halogens is 1. The molecular weight excluding hydrogens is 471 g/mol. The summed E-state index contributed by atoms with van der Waals surface area (Å²) in [7, 11) is 3.51. The Labute approximate surface area is 216 Å². The standard InChI is InChI=1S/C27H31FN8O/c1-19(32-3)10-11-34-18-37-26-9-8-20(13-25(26)28)24(16-35-23(14-29)15-31-2)27(36-17-30)21-6-5-7-22(12-21)33-4/h5-17,29,31,33H,3,18H2,1-2,4H3,(H2,30,36)/b19-10-,23-15+,27-24+,29-14?,34-11-,35-16-. The van der Waals surface area contributed by atoms with Crippen LogP contribution in [-0.2, 0) is 0 Å². The lowest BCUT2D eigenvalue weighted by atomic mass is 9.99. The quantitative estimate of drug-likeness (QED) is 0.182. The van der Waals surface area contributed by atoms with Crippen molar-refractivity contribution in [1.29, 1.82) is 5.41 Å². The fourth-order valence-corrected chi connectivity index (χ4v) is 3.02. The summed E-state index contributed by atoms with van der Waals surface area (Å²) >= 11 is 0. The van der Waals surface area contributed by atoms with Crippen molar-refractivity contribution in [3.05, 3.63) is 83.1 Å². The maximum atomic E-state index is 15.0. The highest BCUT2D eigenvalue weighted by Gasteiger charge is 2.14. The van der Waals surface area contributed by atoms with Crippen LogP contribution in [0.15, 0.2) is 86.1 Å². The first kappa shape index (κ1) is 28.4. The fraction of sp³-hybridized carbons (Fsp3) is 0.148. The SMILES string of the molecule is C=N/C(C)=C\C=N/COc1ccc(C(/C=N\C(C=N)=C\NC)=C(/N=C/N)c2cccc(NC)c2)cc1F. The molecule has 9 nitrogen and oxygen atoms in total. The molecule has 0 aromatic heterocycles. The van der Waals surface area contributed by atoms with Crippen LogP contribution < -0.4 is 21.1 Å². The Balaban J connectivity index is 2.56. The molecule has 0 heterocycles. The molecule has 0 aliphatic rings. The molecule has 192 valence electrons. The molecule has 2 aromatic rings. The fourth-order valence-electron chi connectivity index (χ4n) is 3.02. The second-order valence-electron chi connectivity index (χ2n) is 7.35. The molecule has 5 N–H and O–H groups in total. The summed E-state index contributed by atoms with van der Waals surface area (Å²) in [5, 5.41) is 13.5. The number of rotatable bonds is 13. The zero-order valence-electron chi connectivity index (χ0n) is 21.1. The van der Waals surface area contributed by atoms with Gasteiger partial charge >= 0.3 is 0 Å². The molecule has 10 heteroatoms. The largest absolute Gasteiger partial charge is 0.468 e. The predicted molar refractivity (Wildman–Crippen MR) is 154 cm³/mol. The average molecular weight is 503 g/mol. The van der Waals surface area contributed by atoms with Crippen molar-refractivity contribution >= 4 is 48.7 Å². The zero-order chi connectivity index (χ0) is 27.0. The smallest absolute Gasteiger partial charge is 0.179 e. The van der Waals surface area contributed by atoms with Gasteiger partial charge in [0.05, 0.1) is 17.7 Å². The molecule has 0 fully saturated rings. The van der Waals surface area contributed by atoms with E-state index < -0.39 is 5.82 Å². The van der Waals surface area contributed by atoms with Crippen LogP contribution >= 0.6 is 0 Å². The Morgan fingerprint density at radius 3 is 2.62 bits per heavy atom. The first-order valence-electron chi connectivity index (χ1n) is 11.2. The van der Waals surface area contributed by atoms with Crippen molar-refractivity contribution in [2.75, 3.05) is 26.1 Å². The van der Waals surface area contributed by atoms with E-state index in [-0.39, 0.29) is 12.5 Å². The van der Waals surface area contributed by atoms with Crippen LogP contribution in [0.1, 0.15) is 18.1 Å². The molecule has 0 aliphatic carbocycles. The minimum atomic E-state index is -0.587. The Morgan fingerprint density at radius 1 is 1.16 bits per heavy atom. The van der Waals surface area contributed by atoms with Gasteiger partial charge in [-0.25, -0.2) is 9.38 Å². The van der Waals surface area contributed by atoms with Crippen LogP contribution in [0.3, 0.4) is 0 Å². The summed E-state index contributed by atoms with van der Waals surface area (Å²) in [5.41, 5.74) is 9.76. The lowest BCUT2D eigenvalue weighted by Gasteiger charge is -2.12. The van der Waals surface area contributed by atoms with Gasteiger partial charge < -0.3 is 26.5 Å². The monoisotopic (exact) mass is 502 g/mol. The minimum Gasteiger partial charge on any atom is -0.468 e. The number of hydrogen-bond donors (Lipinski definition) is 4. The molecule has 37 heavy (non-hydrogen) atoms. The van der Waals surface area contributed by atoms with E-state index in [9.17, 15) is 0 Å². The van der Waals surface area contributed by atoms with Crippen LogP contribution in [0.5, 0.6) is 5.75 Å². The van der Waals surface area contributed by atoms with Crippen LogP contribution in [0, 0.1) is 11.2 Å². The van der Waals surface area contributed by atoms with Crippen LogP contribution in [0.25, 0.3) is 11.3 Å². The molecule has 0 saturated heterocycles. The molecule has 0 spiro atoms. The van der Waals surface area contributed by atoms with E-state index in [2.05, 4.69) is 37.3 Å². The van der Waals surface area contributed by atoms with Gasteiger partial charge in [-0.1, -0.05) is 18.2 Å². The van der Waals surface area contributed by atoms with Gasteiger partial charge in [0.15, 0.2) is 18.3 Å². The van der Waals surface area contributed by atoms with Crippen LogP contribution in [0.4, 0.5) is 10.1 Å². The molecule has 0 bridgehead atoms. The highest BCUT2D eigenvalue weighted by atomic mass is 19.1. The molecule has 2 aromatic carbocycles. The van der Waals surface area contributed by atoms with E-state index >= 15 is 4.39 Å². The molecular formula is C27H31FN8O. The average Bonchev–Trinajstić information content (AvgIpc) is 2.92. The number of benzene rings is 2. The molecule has 2 rings (SSSR count). The Bertz CT molecular complexity index is 1270. The van der Waals surface area contributed by atoms with E-state index in [1.807, 2.05) is 31.3 Å². The van der Waals surface area contributed by atoms with Crippen molar-refractivity contribution in [2.24, 2.45) is 25.7 Å².